The predicted octanol–water partition coefficient (Wildman–Crippen LogP) is 3.72. The number of primary amides is 1. The molecule has 1 amide bonds. The topological polar surface area (TPSA) is 85.3 Å². The number of hydrogen-bond donors (Lipinski definition) is 1. The first-order valence-corrected chi connectivity index (χ1v) is 9.99. The van der Waals surface area contributed by atoms with Crippen LogP contribution in [0.4, 0.5) is 0 Å². The monoisotopic (exact) mass is 386 g/mol. The number of furan rings is 1. The second kappa shape index (κ2) is 7.61. The van der Waals surface area contributed by atoms with Gasteiger partial charge < -0.3 is 10.2 Å². The smallest absolute Gasteiger partial charge is 0.258 e. The SMILES string of the molecule is NC(=O)c1ccc(C2CCCN2Cc2ccc(Sc3ncccn3)o2)s1. The highest BCUT2D eigenvalue weighted by molar-refractivity contribution is 7.99. The summed E-state index contributed by atoms with van der Waals surface area (Å²) in [6, 6.07) is 9.90. The van der Waals surface area contributed by atoms with E-state index in [1.54, 1.807) is 18.5 Å². The van der Waals surface area contributed by atoms with Crippen LogP contribution in [0.2, 0.25) is 0 Å². The number of carbonyl (C=O) groups is 1. The molecule has 1 saturated heterocycles. The van der Waals surface area contributed by atoms with Crippen molar-refractivity contribution in [2.24, 2.45) is 5.73 Å². The summed E-state index contributed by atoms with van der Waals surface area (Å²) in [7, 11) is 0. The molecule has 0 saturated carbocycles. The van der Waals surface area contributed by atoms with Gasteiger partial charge in [-0.05, 0) is 61.5 Å². The number of thiophene rings is 1. The van der Waals surface area contributed by atoms with Crippen molar-refractivity contribution in [1.82, 2.24) is 14.9 Å². The van der Waals surface area contributed by atoms with Crippen LogP contribution in [-0.2, 0) is 6.54 Å². The van der Waals surface area contributed by atoms with Gasteiger partial charge in [-0.15, -0.1) is 11.3 Å². The maximum atomic E-state index is 11.3. The van der Waals surface area contributed by atoms with Crippen LogP contribution < -0.4 is 5.73 Å². The number of hydrogen-bond acceptors (Lipinski definition) is 7. The lowest BCUT2D eigenvalue weighted by Gasteiger charge is -2.22. The molecule has 26 heavy (non-hydrogen) atoms. The Morgan fingerprint density at radius 1 is 1.31 bits per heavy atom. The van der Waals surface area contributed by atoms with E-state index < -0.39 is 0 Å². The van der Waals surface area contributed by atoms with Gasteiger partial charge in [-0.3, -0.25) is 9.69 Å². The fourth-order valence-corrected chi connectivity index (χ4v) is 4.85. The number of aromatic nitrogens is 2. The average molecular weight is 387 g/mol. The number of likely N-dealkylation sites (tertiary alicyclic amines) is 1. The van der Waals surface area contributed by atoms with Gasteiger partial charge in [-0.25, -0.2) is 9.97 Å². The highest BCUT2D eigenvalue weighted by atomic mass is 32.2. The van der Waals surface area contributed by atoms with Gasteiger partial charge >= 0.3 is 0 Å². The lowest BCUT2D eigenvalue weighted by molar-refractivity contribution is 0.100. The van der Waals surface area contributed by atoms with Crippen molar-refractivity contribution < 1.29 is 9.21 Å². The molecule has 6 nitrogen and oxygen atoms in total. The van der Waals surface area contributed by atoms with Gasteiger partial charge in [0.15, 0.2) is 10.2 Å². The lowest BCUT2D eigenvalue weighted by atomic mass is 10.2. The minimum atomic E-state index is -0.360. The van der Waals surface area contributed by atoms with Crippen molar-refractivity contribution >= 4 is 29.0 Å². The number of nitrogens with two attached hydrogens (primary N) is 1. The molecule has 1 aliphatic rings. The van der Waals surface area contributed by atoms with Crippen LogP contribution >= 0.6 is 23.1 Å². The van der Waals surface area contributed by atoms with Gasteiger partial charge in [0.1, 0.15) is 5.76 Å². The van der Waals surface area contributed by atoms with Crippen LogP contribution in [0, 0.1) is 0 Å². The normalized spacial score (nSPS) is 17.6. The highest BCUT2D eigenvalue weighted by Crippen LogP contribution is 2.37. The summed E-state index contributed by atoms with van der Waals surface area (Å²) in [5, 5.41) is 1.46. The van der Waals surface area contributed by atoms with Gasteiger partial charge in [0, 0.05) is 23.3 Å². The molecule has 1 unspecified atom stereocenters. The van der Waals surface area contributed by atoms with Crippen LogP contribution in [0.3, 0.4) is 0 Å². The van der Waals surface area contributed by atoms with E-state index in [0.29, 0.717) is 16.1 Å². The zero-order valence-corrected chi connectivity index (χ0v) is 15.6. The Morgan fingerprint density at radius 3 is 2.92 bits per heavy atom. The zero-order valence-electron chi connectivity index (χ0n) is 14.0. The second-order valence-electron chi connectivity index (χ2n) is 6.05. The third kappa shape index (κ3) is 3.82. The Labute approximate surface area is 159 Å². The molecule has 8 heteroatoms. The van der Waals surface area contributed by atoms with Gasteiger partial charge in [-0.1, -0.05) is 0 Å². The van der Waals surface area contributed by atoms with Crippen LogP contribution in [0.1, 0.15) is 39.2 Å². The van der Waals surface area contributed by atoms with Crippen molar-refractivity contribution in [3.05, 3.63) is 58.2 Å². The third-order valence-electron chi connectivity index (χ3n) is 4.29. The predicted molar refractivity (Wildman–Crippen MR) is 100 cm³/mol. The molecule has 4 heterocycles. The van der Waals surface area contributed by atoms with Crippen molar-refractivity contribution in [2.45, 2.75) is 35.7 Å². The molecule has 0 spiro atoms. The first kappa shape index (κ1) is 17.3. The maximum Gasteiger partial charge on any atom is 0.258 e. The van der Waals surface area contributed by atoms with E-state index >= 15 is 0 Å². The Kier molecular flexibility index (Phi) is 5.05. The lowest BCUT2D eigenvalue weighted by Crippen LogP contribution is -2.21. The van der Waals surface area contributed by atoms with Crippen molar-refractivity contribution in [3.8, 4) is 0 Å². The first-order chi connectivity index (χ1) is 12.7. The summed E-state index contributed by atoms with van der Waals surface area (Å²) in [6.45, 7) is 1.75. The molecule has 2 N–H and O–H groups in total. The number of rotatable bonds is 6. The van der Waals surface area contributed by atoms with Gasteiger partial charge in [0.05, 0.1) is 11.4 Å². The van der Waals surface area contributed by atoms with Gasteiger partial charge in [-0.2, -0.15) is 0 Å². The van der Waals surface area contributed by atoms with E-state index in [0.717, 1.165) is 36.8 Å². The third-order valence-corrected chi connectivity index (χ3v) is 6.31. The summed E-state index contributed by atoms with van der Waals surface area (Å²) >= 11 is 2.91. The minimum absolute atomic E-state index is 0.312. The Hall–Kier alpha value is -2.16. The molecule has 1 aliphatic heterocycles. The summed E-state index contributed by atoms with van der Waals surface area (Å²) in [4.78, 5) is 23.9. The van der Waals surface area contributed by atoms with E-state index in [9.17, 15) is 4.79 Å². The molecule has 0 aliphatic carbocycles. The molecule has 1 atom stereocenters. The molecule has 0 bridgehead atoms. The summed E-state index contributed by atoms with van der Waals surface area (Å²) in [5.41, 5.74) is 5.38. The fraction of sp³-hybridized carbons (Fsp3) is 0.278. The van der Waals surface area contributed by atoms with E-state index in [2.05, 4.69) is 14.9 Å². The standard InChI is InChI=1S/C18H18N4O2S2/c19-17(23)15-6-5-14(25-15)13-3-1-10-22(13)11-12-4-7-16(24-12)26-18-20-8-2-9-21-18/h2,4-9,13H,1,3,10-11H2,(H2,19,23). The first-order valence-electron chi connectivity index (χ1n) is 8.36. The average Bonchev–Trinajstić information content (AvgIpc) is 3.37. The Bertz CT molecular complexity index is 894. The molecular weight excluding hydrogens is 368 g/mol. The molecule has 3 aromatic heterocycles. The molecular formula is C18H18N4O2S2. The zero-order chi connectivity index (χ0) is 17.9. The molecule has 4 rings (SSSR count). The molecule has 0 radical (unpaired) electrons. The van der Waals surface area contributed by atoms with Crippen LogP contribution in [-0.4, -0.2) is 27.3 Å². The largest absolute Gasteiger partial charge is 0.453 e. The number of carbonyl (C=O) groups excluding carboxylic acids is 1. The Balaban J connectivity index is 1.43. The summed E-state index contributed by atoms with van der Waals surface area (Å²) in [6.07, 6.45) is 5.65. The highest BCUT2D eigenvalue weighted by Gasteiger charge is 2.28. The quantitative estimate of drug-likeness (QED) is 0.650. The molecule has 1 fully saturated rings. The molecule has 0 aromatic carbocycles. The maximum absolute atomic E-state index is 11.3. The second-order valence-corrected chi connectivity index (χ2v) is 8.14. The van der Waals surface area contributed by atoms with E-state index in [1.807, 2.05) is 24.3 Å². The minimum Gasteiger partial charge on any atom is -0.453 e. The van der Waals surface area contributed by atoms with Crippen LogP contribution in [0.15, 0.2) is 57.4 Å². The van der Waals surface area contributed by atoms with E-state index in [1.165, 1.54) is 28.0 Å². The molecule has 134 valence electrons. The number of amides is 1. The molecule has 3 aromatic rings. The van der Waals surface area contributed by atoms with E-state index in [-0.39, 0.29) is 5.91 Å². The Morgan fingerprint density at radius 2 is 2.15 bits per heavy atom. The van der Waals surface area contributed by atoms with Crippen molar-refractivity contribution in [3.63, 3.8) is 0 Å². The van der Waals surface area contributed by atoms with Crippen LogP contribution in [0.5, 0.6) is 0 Å². The van der Waals surface area contributed by atoms with Crippen LogP contribution in [0.25, 0.3) is 0 Å². The van der Waals surface area contributed by atoms with Crippen molar-refractivity contribution in [2.75, 3.05) is 6.54 Å². The van der Waals surface area contributed by atoms with Crippen molar-refractivity contribution in [1.29, 1.82) is 0 Å². The number of nitrogens with zero attached hydrogens (tertiary/aromatic N) is 3. The van der Waals surface area contributed by atoms with Gasteiger partial charge in [0.2, 0.25) is 0 Å². The summed E-state index contributed by atoms with van der Waals surface area (Å²) < 4.78 is 5.95. The fourth-order valence-electron chi connectivity index (χ4n) is 3.13. The van der Waals surface area contributed by atoms with Gasteiger partial charge in [0.25, 0.3) is 5.91 Å². The summed E-state index contributed by atoms with van der Waals surface area (Å²) in [5.74, 6) is 0.559. The van der Waals surface area contributed by atoms with E-state index in [4.69, 9.17) is 10.2 Å².